The Balaban J connectivity index is 1.34. The van der Waals surface area contributed by atoms with Crippen molar-refractivity contribution < 1.29 is 17.9 Å². The molecule has 4 aromatic rings. The second-order valence-corrected chi connectivity index (χ2v) is 12.5. The Morgan fingerprint density at radius 1 is 0.921 bits per heavy atom. The van der Waals surface area contributed by atoms with Crippen LogP contribution in [0, 0.1) is 0 Å². The lowest BCUT2D eigenvalue weighted by atomic mass is 10.1. The molecule has 0 radical (unpaired) electrons. The summed E-state index contributed by atoms with van der Waals surface area (Å²) in [7, 11) is 1.61. The van der Waals surface area contributed by atoms with Crippen molar-refractivity contribution in [3.8, 4) is 22.6 Å². The van der Waals surface area contributed by atoms with E-state index in [2.05, 4.69) is 4.90 Å². The van der Waals surface area contributed by atoms with Crippen molar-refractivity contribution in [3.05, 3.63) is 81.6 Å². The van der Waals surface area contributed by atoms with E-state index in [9.17, 15) is 13.2 Å². The number of pyridine rings is 1. The van der Waals surface area contributed by atoms with Crippen LogP contribution in [0.1, 0.15) is 10.4 Å². The highest BCUT2D eigenvalue weighted by atomic mass is 32.2. The number of ether oxygens (including phenoxy) is 2. The van der Waals surface area contributed by atoms with E-state index >= 15 is 0 Å². The van der Waals surface area contributed by atoms with E-state index in [0.29, 0.717) is 49.6 Å². The molecular formula is C28H31N3O5S2. The highest BCUT2D eigenvalue weighted by Gasteiger charge is 2.27. The molecule has 0 bridgehead atoms. The molecule has 0 N–H and O–H groups in total. The van der Waals surface area contributed by atoms with Gasteiger partial charge in [0.2, 0.25) is 10.0 Å². The van der Waals surface area contributed by atoms with Gasteiger partial charge in [0.15, 0.2) is 11.5 Å². The summed E-state index contributed by atoms with van der Waals surface area (Å²) in [5.41, 5.74) is 2.65. The Labute approximate surface area is 226 Å². The number of benzene rings is 2. The van der Waals surface area contributed by atoms with Gasteiger partial charge in [-0.1, -0.05) is 36.4 Å². The Morgan fingerprint density at radius 3 is 2.32 bits per heavy atom. The predicted octanol–water partition coefficient (Wildman–Crippen LogP) is 3.93. The lowest BCUT2D eigenvalue weighted by molar-refractivity contribution is 0.183. The molecule has 0 aliphatic carbocycles. The van der Waals surface area contributed by atoms with Crippen LogP contribution in [0.15, 0.2) is 65.6 Å². The average molecular weight is 554 g/mol. The minimum absolute atomic E-state index is 0.0202. The third-order valence-electron chi connectivity index (χ3n) is 6.89. The number of thiophene rings is 1. The molecule has 0 amide bonds. The number of fused-ring (bicyclic) bond motifs is 1. The Bertz CT molecular complexity index is 1610. The topological polar surface area (TPSA) is 81.1 Å². The molecule has 8 nitrogen and oxygen atoms in total. The monoisotopic (exact) mass is 553 g/mol. The normalized spacial score (nSPS) is 15.1. The van der Waals surface area contributed by atoms with E-state index in [4.69, 9.17) is 9.47 Å². The lowest BCUT2D eigenvalue weighted by Gasteiger charge is -2.33. The number of hydrogen-bond acceptors (Lipinski definition) is 7. The number of rotatable bonds is 8. The average Bonchev–Trinajstić information content (AvgIpc) is 3.35. The zero-order valence-electron chi connectivity index (χ0n) is 21.7. The fourth-order valence-electron chi connectivity index (χ4n) is 4.85. The van der Waals surface area contributed by atoms with Crippen LogP contribution in [0.4, 0.5) is 0 Å². The molecule has 2 aromatic heterocycles. The first-order valence-corrected chi connectivity index (χ1v) is 14.8. The standard InChI is InChI=1S/C28H31N3O5S2/c1-29-18-24(21-9-10-25(35-2)26(15-21)36-3)27-23(28(29)32)16-22(37-27)17-30-11-13-31(14-12-30)38(33,34)19-20-7-5-4-6-8-20/h4-10,15-16,18H,11-14,17,19H2,1-3H3. The quantitative estimate of drug-likeness (QED) is 0.329. The van der Waals surface area contributed by atoms with Crippen molar-refractivity contribution in [3.63, 3.8) is 0 Å². The summed E-state index contributed by atoms with van der Waals surface area (Å²) in [5.74, 6) is 1.30. The van der Waals surface area contributed by atoms with Crippen molar-refractivity contribution in [2.45, 2.75) is 12.3 Å². The number of methoxy groups -OCH3 is 2. The summed E-state index contributed by atoms with van der Waals surface area (Å²) in [5, 5.41) is 0.684. The second-order valence-electron chi connectivity index (χ2n) is 9.40. The van der Waals surface area contributed by atoms with Crippen molar-refractivity contribution in [2.24, 2.45) is 7.05 Å². The van der Waals surface area contributed by atoms with Gasteiger partial charge in [0, 0.05) is 61.1 Å². The van der Waals surface area contributed by atoms with Crippen molar-refractivity contribution in [1.29, 1.82) is 0 Å². The number of aromatic nitrogens is 1. The summed E-state index contributed by atoms with van der Waals surface area (Å²) in [6.45, 7) is 2.86. The summed E-state index contributed by atoms with van der Waals surface area (Å²) in [4.78, 5) is 16.3. The van der Waals surface area contributed by atoms with Gasteiger partial charge in [0.05, 0.1) is 25.4 Å². The zero-order valence-corrected chi connectivity index (χ0v) is 23.3. The SMILES string of the molecule is COc1ccc(-c2cn(C)c(=O)c3cc(CN4CCN(S(=O)(=O)Cc5ccccc5)CC4)sc23)cc1OC. The Kier molecular flexibility index (Phi) is 7.58. The minimum atomic E-state index is -3.36. The van der Waals surface area contributed by atoms with Crippen LogP contribution >= 0.6 is 11.3 Å². The van der Waals surface area contributed by atoms with Crippen molar-refractivity contribution in [1.82, 2.24) is 13.8 Å². The maximum absolute atomic E-state index is 13.0. The number of sulfonamides is 1. The molecule has 1 aliphatic heterocycles. The van der Waals surface area contributed by atoms with Crippen LogP contribution in [0.3, 0.4) is 0 Å². The number of aryl methyl sites for hydroxylation is 1. The third-order valence-corrected chi connectivity index (χ3v) is 9.89. The van der Waals surface area contributed by atoms with E-state index in [1.54, 1.807) is 41.5 Å². The van der Waals surface area contributed by atoms with Crippen molar-refractivity contribution >= 4 is 31.4 Å². The molecule has 1 aliphatic rings. The zero-order chi connectivity index (χ0) is 26.9. The van der Waals surface area contributed by atoms with Gasteiger partial charge < -0.3 is 14.0 Å². The van der Waals surface area contributed by atoms with E-state index in [1.807, 2.05) is 60.8 Å². The van der Waals surface area contributed by atoms with Crippen molar-refractivity contribution in [2.75, 3.05) is 40.4 Å². The molecule has 0 saturated carbocycles. The lowest BCUT2D eigenvalue weighted by Crippen LogP contribution is -2.48. The summed E-state index contributed by atoms with van der Waals surface area (Å²) < 4.78 is 40.8. The van der Waals surface area contributed by atoms with E-state index in [1.165, 1.54) is 0 Å². The molecule has 10 heteroatoms. The van der Waals surface area contributed by atoms with Gasteiger partial charge in [-0.05, 0) is 29.3 Å². The van der Waals surface area contributed by atoms with Gasteiger partial charge in [-0.3, -0.25) is 9.69 Å². The molecule has 1 saturated heterocycles. The van der Waals surface area contributed by atoms with E-state index in [-0.39, 0.29) is 11.3 Å². The molecule has 5 rings (SSSR count). The second kappa shape index (κ2) is 10.9. The molecule has 38 heavy (non-hydrogen) atoms. The van der Waals surface area contributed by atoms with Gasteiger partial charge in [-0.2, -0.15) is 4.31 Å². The van der Waals surface area contributed by atoms with Crippen LogP contribution in [0.5, 0.6) is 11.5 Å². The van der Waals surface area contributed by atoms with Gasteiger partial charge in [0.25, 0.3) is 5.56 Å². The molecule has 3 heterocycles. The third kappa shape index (κ3) is 5.35. The molecule has 200 valence electrons. The molecule has 0 unspecified atom stereocenters. The summed E-state index contributed by atoms with van der Waals surface area (Å²) in [6, 6.07) is 17.0. The smallest absolute Gasteiger partial charge is 0.259 e. The molecule has 1 fully saturated rings. The van der Waals surface area contributed by atoms with Crippen LogP contribution in [0.25, 0.3) is 21.2 Å². The Morgan fingerprint density at radius 2 is 1.63 bits per heavy atom. The fourth-order valence-corrected chi connectivity index (χ4v) is 7.59. The van der Waals surface area contributed by atoms with Crippen LogP contribution in [-0.2, 0) is 29.4 Å². The molecule has 0 atom stereocenters. The predicted molar refractivity (Wildman–Crippen MR) is 152 cm³/mol. The minimum Gasteiger partial charge on any atom is -0.493 e. The fraction of sp³-hybridized carbons (Fsp3) is 0.321. The largest absolute Gasteiger partial charge is 0.493 e. The van der Waals surface area contributed by atoms with Gasteiger partial charge >= 0.3 is 0 Å². The first-order valence-electron chi connectivity index (χ1n) is 12.4. The summed E-state index contributed by atoms with van der Waals surface area (Å²) in [6.07, 6.45) is 1.86. The van der Waals surface area contributed by atoms with Gasteiger partial charge in [-0.15, -0.1) is 11.3 Å². The first kappa shape index (κ1) is 26.4. The van der Waals surface area contributed by atoms with Crippen LogP contribution < -0.4 is 15.0 Å². The molecule has 0 spiro atoms. The molecule has 2 aromatic carbocycles. The highest BCUT2D eigenvalue weighted by molar-refractivity contribution is 7.88. The number of nitrogens with zero attached hydrogens (tertiary/aromatic N) is 3. The summed E-state index contributed by atoms with van der Waals surface area (Å²) >= 11 is 1.61. The molecular weight excluding hydrogens is 522 g/mol. The maximum Gasteiger partial charge on any atom is 0.259 e. The van der Waals surface area contributed by atoms with E-state index < -0.39 is 10.0 Å². The number of hydrogen-bond donors (Lipinski definition) is 0. The highest BCUT2D eigenvalue weighted by Crippen LogP contribution is 2.37. The van der Waals surface area contributed by atoms with Gasteiger partial charge in [0.1, 0.15) is 0 Å². The van der Waals surface area contributed by atoms with Gasteiger partial charge in [-0.25, -0.2) is 8.42 Å². The number of piperazine rings is 1. The van der Waals surface area contributed by atoms with Crippen LogP contribution in [-0.4, -0.2) is 62.6 Å². The van der Waals surface area contributed by atoms with Crippen LogP contribution in [0.2, 0.25) is 0 Å². The Hall–Kier alpha value is -3.18. The van der Waals surface area contributed by atoms with E-state index in [0.717, 1.165) is 26.3 Å². The maximum atomic E-state index is 13.0. The first-order chi connectivity index (χ1) is 18.3.